The van der Waals surface area contributed by atoms with Crippen molar-refractivity contribution in [3.05, 3.63) is 52.8 Å². The predicted molar refractivity (Wildman–Crippen MR) is 94.5 cm³/mol. The maximum absolute atomic E-state index is 5.87. The summed E-state index contributed by atoms with van der Waals surface area (Å²) >= 11 is 5.80. The molecule has 0 radical (unpaired) electrons. The summed E-state index contributed by atoms with van der Waals surface area (Å²) in [6.07, 6.45) is 7.15. The molecule has 5 heteroatoms. The Morgan fingerprint density at radius 1 is 1.12 bits per heavy atom. The fourth-order valence-electron chi connectivity index (χ4n) is 3.11. The summed E-state index contributed by atoms with van der Waals surface area (Å²) in [5.74, 6) is 1.52. The highest BCUT2D eigenvalue weighted by molar-refractivity contribution is 6.29. The molecule has 1 aromatic heterocycles. The van der Waals surface area contributed by atoms with Crippen LogP contribution in [-0.4, -0.2) is 18.1 Å². The molecule has 0 amide bonds. The van der Waals surface area contributed by atoms with Gasteiger partial charge < -0.3 is 14.8 Å². The van der Waals surface area contributed by atoms with Crippen molar-refractivity contribution in [3.8, 4) is 11.5 Å². The number of aromatic nitrogens is 1. The lowest BCUT2D eigenvalue weighted by Crippen LogP contribution is -2.87. The number of benzene rings is 1. The second-order valence-electron chi connectivity index (χ2n) is 6.25. The van der Waals surface area contributed by atoms with Crippen LogP contribution >= 0.6 is 11.6 Å². The van der Waals surface area contributed by atoms with Crippen LogP contribution in [0.5, 0.6) is 11.5 Å². The maximum atomic E-state index is 5.87. The van der Waals surface area contributed by atoms with E-state index in [2.05, 4.69) is 22.4 Å². The van der Waals surface area contributed by atoms with Crippen LogP contribution in [0.25, 0.3) is 0 Å². The van der Waals surface area contributed by atoms with E-state index in [0.29, 0.717) is 11.8 Å². The lowest BCUT2D eigenvalue weighted by atomic mass is 10.1. The third-order valence-electron chi connectivity index (χ3n) is 4.50. The Morgan fingerprint density at radius 2 is 1.92 bits per heavy atom. The number of quaternary nitrogens is 1. The van der Waals surface area contributed by atoms with Gasteiger partial charge in [-0.3, -0.25) is 0 Å². The molecule has 1 aliphatic carbocycles. The van der Waals surface area contributed by atoms with E-state index in [1.165, 1.54) is 31.2 Å². The average molecular weight is 348 g/mol. The molecular formula is C19H24ClN2O2+. The van der Waals surface area contributed by atoms with Crippen LogP contribution in [0.1, 0.15) is 36.8 Å². The molecular weight excluding hydrogens is 324 g/mol. The highest BCUT2D eigenvalue weighted by Crippen LogP contribution is 2.28. The molecule has 24 heavy (non-hydrogen) atoms. The summed E-state index contributed by atoms with van der Waals surface area (Å²) in [5, 5.41) is 2.93. The second kappa shape index (κ2) is 8.36. The van der Waals surface area contributed by atoms with Gasteiger partial charge in [-0.25, -0.2) is 4.98 Å². The molecule has 1 aliphatic rings. The quantitative estimate of drug-likeness (QED) is 0.781. The van der Waals surface area contributed by atoms with E-state index in [9.17, 15) is 0 Å². The van der Waals surface area contributed by atoms with Crippen LogP contribution in [0.15, 0.2) is 36.5 Å². The Balaban J connectivity index is 1.59. The molecule has 3 rings (SSSR count). The molecule has 0 unspecified atom stereocenters. The van der Waals surface area contributed by atoms with Gasteiger partial charge >= 0.3 is 0 Å². The van der Waals surface area contributed by atoms with Crippen LogP contribution in [0.4, 0.5) is 0 Å². The van der Waals surface area contributed by atoms with Gasteiger partial charge in [0, 0.05) is 17.3 Å². The van der Waals surface area contributed by atoms with Crippen molar-refractivity contribution in [2.45, 2.75) is 44.9 Å². The zero-order valence-electron chi connectivity index (χ0n) is 14.0. The van der Waals surface area contributed by atoms with Gasteiger partial charge in [0.2, 0.25) is 0 Å². The van der Waals surface area contributed by atoms with E-state index in [-0.39, 0.29) is 0 Å². The van der Waals surface area contributed by atoms with Crippen LogP contribution in [0.3, 0.4) is 0 Å². The smallest absolute Gasteiger partial charge is 0.161 e. The number of nitrogens with two attached hydrogens (primary N) is 1. The normalized spacial score (nSPS) is 14.8. The first-order valence-electron chi connectivity index (χ1n) is 8.48. The van der Waals surface area contributed by atoms with E-state index >= 15 is 0 Å². The van der Waals surface area contributed by atoms with Crippen molar-refractivity contribution in [1.29, 1.82) is 0 Å². The van der Waals surface area contributed by atoms with Crippen molar-refractivity contribution in [2.24, 2.45) is 0 Å². The molecule has 0 saturated heterocycles. The highest BCUT2D eigenvalue weighted by Gasteiger charge is 2.17. The third-order valence-corrected chi connectivity index (χ3v) is 4.72. The Morgan fingerprint density at radius 3 is 2.62 bits per heavy atom. The fourth-order valence-corrected chi connectivity index (χ4v) is 3.22. The van der Waals surface area contributed by atoms with E-state index < -0.39 is 0 Å². The fraction of sp³-hybridized carbons (Fsp3) is 0.421. The van der Waals surface area contributed by atoms with Crippen molar-refractivity contribution < 1.29 is 14.8 Å². The lowest BCUT2D eigenvalue weighted by molar-refractivity contribution is -0.703. The van der Waals surface area contributed by atoms with Gasteiger partial charge in [0.05, 0.1) is 13.2 Å². The van der Waals surface area contributed by atoms with Gasteiger partial charge in [-0.1, -0.05) is 17.7 Å². The maximum Gasteiger partial charge on any atom is 0.161 e. The molecule has 4 nitrogen and oxygen atoms in total. The number of nitrogens with zero attached hydrogens (tertiary/aromatic N) is 1. The molecule has 1 heterocycles. The van der Waals surface area contributed by atoms with Gasteiger partial charge in [0.1, 0.15) is 18.3 Å². The Labute approximate surface area is 148 Å². The summed E-state index contributed by atoms with van der Waals surface area (Å²) in [6.45, 7) is 1.43. The summed E-state index contributed by atoms with van der Waals surface area (Å²) in [6, 6.07) is 10.6. The van der Waals surface area contributed by atoms with Gasteiger partial charge in [-0.05, 0) is 49.9 Å². The third kappa shape index (κ3) is 4.62. The number of hydrogen-bond acceptors (Lipinski definition) is 3. The molecule has 2 N–H and O–H groups in total. The number of halogens is 1. The van der Waals surface area contributed by atoms with Crippen molar-refractivity contribution in [3.63, 3.8) is 0 Å². The molecule has 2 aromatic rings. The minimum atomic E-state index is 0.439. The zero-order valence-corrected chi connectivity index (χ0v) is 14.8. The average Bonchev–Trinajstić information content (AvgIpc) is 3.13. The monoisotopic (exact) mass is 347 g/mol. The van der Waals surface area contributed by atoms with Gasteiger partial charge in [-0.2, -0.15) is 0 Å². The van der Waals surface area contributed by atoms with Crippen molar-refractivity contribution in [1.82, 2.24) is 4.98 Å². The number of hydrogen-bond donors (Lipinski definition) is 1. The van der Waals surface area contributed by atoms with E-state index in [4.69, 9.17) is 21.1 Å². The van der Waals surface area contributed by atoms with Crippen LogP contribution in [-0.2, 0) is 13.2 Å². The minimum absolute atomic E-state index is 0.439. The number of ether oxygens (including phenoxy) is 2. The summed E-state index contributed by atoms with van der Waals surface area (Å²) in [5.41, 5.74) is 2.24. The molecule has 1 fully saturated rings. The van der Waals surface area contributed by atoms with Crippen molar-refractivity contribution in [2.75, 3.05) is 7.11 Å². The molecule has 0 bridgehead atoms. The van der Waals surface area contributed by atoms with E-state index in [1.807, 2.05) is 12.1 Å². The summed E-state index contributed by atoms with van der Waals surface area (Å²) in [7, 11) is 1.68. The number of methoxy groups -OCH3 is 1. The molecule has 0 spiro atoms. The summed E-state index contributed by atoms with van der Waals surface area (Å²) in [4.78, 5) is 4.06. The molecule has 1 saturated carbocycles. The van der Waals surface area contributed by atoms with E-state index in [1.54, 1.807) is 19.4 Å². The van der Waals surface area contributed by atoms with Gasteiger partial charge in [-0.15, -0.1) is 0 Å². The lowest BCUT2D eigenvalue weighted by Gasteiger charge is -2.13. The molecule has 0 atom stereocenters. The number of pyridine rings is 1. The van der Waals surface area contributed by atoms with Crippen molar-refractivity contribution >= 4 is 11.6 Å². The van der Waals surface area contributed by atoms with Crippen LogP contribution in [0.2, 0.25) is 5.15 Å². The largest absolute Gasteiger partial charge is 0.493 e. The zero-order chi connectivity index (χ0) is 16.8. The first kappa shape index (κ1) is 17.1. The van der Waals surface area contributed by atoms with Crippen LogP contribution in [0, 0.1) is 0 Å². The standard InChI is InChI=1S/C19H23ClN2O2/c1-23-18-10-14(11-21-16-4-2-3-5-16)6-8-17(18)24-13-15-7-9-19(20)22-12-15/h6-10,12,16,21H,2-5,11,13H2,1H3/p+1. The van der Waals surface area contributed by atoms with Gasteiger partial charge in [0.25, 0.3) is 0 Å². The Hall–Kier alpha value is -1.78. The summed E-state index contributed by atoms with van der Waals surface area (Å²) < 4.78 is 11.4. The Bertz CT molecular complexity index is 655. The first-order chi connectivity index (χ1) is 11.7. The highest BCUT2D eigenvalue weighted by atomic mass is 35.5. The minimum Gasteiger partial charge on any atom is -0.493 e. The van der Waals surface area contributed by atoms with Crippen LogP contribution < -0.4 is 14.8 Å². The first-order valence-corrected chi connectivity index (χ1v) is 8.86. The Kier molecular flexibility index (Phi) is 5.94. The SMILES string of the molecule is COc1cc(C[NH2+]C2CCCC2)ccc1OCc1ccc(Cl)nc1. The molecule has 128 valence electrons. The topological polar surface area (TPSA) is 48.0 Å². The predicted octanol–water partition coefficient (Wildman–Crippen LogP) is 3.33. The van der Waals surface area contributed by atoms with Gasteiger partial charge in [0.15, 0.2) is 11.5 Å². The molecule has 0 aliphatic heterocycles. The molecule has 1 aromatic carbocycles. The van der Waals surface area contributed by atoms with E-state index in [0.717, 1.165) is 29.6 Å². The second-order valence-corrected chi connectivity index (χ2v) is 6.63. The number of rotatable bonds is 7.